The smallest absolute Gasteiger partial charge is 0.271 e. The Morgan fingerprint density at radius 2 is 1.75 bits per heavy atom. The number of pyridine rings is 1. The van der Waals surface area contributed by atoms with E-state index < -0.39 is 0 Å². The number of nitrogens with zero attached hydrogens (tertiary/aromatic N) is 4. The highest BCUT2D eigenvalue weighted by Crippen LogP contribution is 2.34. The first kappa shape index (κ1) is 22.6. The maximum absolute atomic E-state index is 13.5. The summed E-state index contributed by atoms with van der Waals surface area (Å²) in [5.41, 5.74) is 3.61. The summed E-state index contributed by atoms with van der Waals surface area (Å²) in [6, 6.07) is 20.9. The third-order valence-corrected chi connectivity index (χ3v) is 7.48. The Kier molecular flexibility index (Phi) is 5.43. The summed E-state index contributed by atoms with van der Waals surface area (Å²) in [5.74, 6) is -0.232. The topological polar surface area (TPSA) is 77.3 Å². The predicted octanol–water partition coefficient (Wildman–Crippen LogP) is 5.22. The number of hydrogen-bond acceptors (Lipinski definition) is 6. The van der Waals surface area contributed by atoms with Crippen molar-refractivity contribution >= 4 is 49.1 Å². The van der Waals surface area contributed by atoms with Gasteiger partial charge in [-0.1, -0.05) is 36.4 Å². The number of aromatic nitrogens is 3. The summed E-state index contributed by atoms with van der Waals surface area (Å²) in [5, 5.41) is 0.850. The summed E-state index contributed by atoms with van der Waals surface area (Å²) in [7, 11) is 0. The van der Waals surface area contributed by atoms with Gasteiger partial charge < -0.3 is 4.74 Å². The summed E-state index contributed by atoms with van der Waals surface area (Å²) in [4.78, 5) is 38.8. The molecule has 0 saturated heterocycles. The molecule has 4 heterocycles. The molecule has 0 aliphatic carbocycles. The van der Waals surface area contributed by atoms with Crippen LogP contribution in [0.2, 0.25) is 0 Å². The van der Waals surface area contributed by atoms with E-state index in [0.29, 0.717) is 23.2 Å². The van der Waals surface area contributed by atoms with Gasteiger partial charge in [0.15, 0.2) is 0 Å². The van der Waals surface area contributed by atoms with Crippen LogP contribution >= 0.6 is 11.3 Å². The number of amides is 1. The molecule has 180 valence electrons. The molecule has 6 rings (SSSR count). The molecule has 0 N–H and O–H groups in total. The average molecular weight is 497 g/mol. The van der Waals surface area contributed by atoms with Gasteiger partial charge in [0.2, 0.25) is 0 Å². The third-order valence-electron chi connectivity index (χ3n) is 6.40. The number of rotatable bonds is 4. The second-order valence-corrected chi connectivity index (χ2v) is 10.5. The first-order valence-corrected chi connectivity index (χ1v) is 12.6. The third kappa shape index (κ3) is 3.98. The van der Waals surface area contributed by atoms with Crippen molar-refractivity contribution < 1.29 is 9.53 Å². The van der Waals surface area contributed by atoms with Gasteiger partial charge in [-0.2, -0.15) is 0 Å². The van der Waals surface area contributed by atoms with Crippen molar-refractivity contribution in [1.29, 1.82) is 0 Å². The van der Waals surface area contributed by atoms with Crippen LogP contribution in [0.1, 0.15) is 25.1 Å². The molecular formula is C28H24N4O3S. The highest BCUT2D eigenvalue weighted by atomic mass is 32.1. The molecule has 0 spiro atoms. The van der Waals surface area contributed by atoms with Crippen LogP contribution < -0.4 is 10.5 Å². The number of para-hydroxylation sites is 2. The minimum atomic E-state index is -0.265. The van der Waals surface area contributed by atoms with E-state index in [0.717, 1.165) is 32.8 Å². The van der Waals surface area contributed by atoms with Crippen LogP contribution in [0, 0.1) is 0 Å². The molecule has 0 bridgehead atoms. The summed E-state index contributed by atoms with van der Waals surface area (Å²) in [6.45, 7) is 4.46. The molecule has 5 aromatic rings. The SMILES string of the molecule is CC1(C)Cc2nc3sc4c(=O)n(CC(=O)N(c5ccccc5)c5ccccc5)cnc4c3cc2CO1. The van der Waals surface area contributed by atoms with Crippen LogP contribution in [0.4, 0.5) is 11.4 Å². The zero-order chi connectivity index (χ0) is 24.9. The first-order valence-electron chi connectivity index (χ1n) is 11.8. The molecule has 0 unspecified atom stereocenters. The minimum Gasteiger partial charge on any atom is -0.370 e. The lowest BCUT2D eigenvalue weighted by Crippen LogP contribution is -2.33. The number of thiophene rings is 1. The fraction of sp³-hybridized carbons (Fsp3) is 0.214. The van der Waals surface area contributed by atoms with Crippen LogP contribution in [0.25, 0.3) is 20.4 Å². The molecule has 8 heteroatoms. The van der Waals surface area contributed by atoms with E-state index in [4.69, 9.17) is 9.72 Å². The molecule has 7 nitrogen and oxygen atoms in total. The van der Waals surface area contributed by atoms with Gasteiger partial charge in [0.05, 0.1) is 29.7 Å². The number of benzene rings is 2. The summed E-state index contributed by atoms with van der Waals surface area (Å²) in [6.07, 6.45) is 2.18. The number of ether oxygens (including phenoxy) is 1. The van der Waals surface area contributed by atoms with Crippen molar-refractivity contribution in [3.05, 3.63) is 94.7 Å². The van der Waals surface area contributed by atoms with Crippen LogP contribution in [-0.2, 0) is 29.1 Å². The molecule has 0 radical (unpaired) electrons. The van der Waals surface area contributed by atoms with E-state index in [1.165, 1.54) is 22.2 Å². The molecule has 1 aliphatic heterocycles. The molecule has 0 saturated carbocycles. The monoisotopic (exact) mass is 496 g/mol. The van der Waals surface area contributed by atoms with Gasteiger partial charge >= 0.3 is 0 Å². The van der Waals surface area contributed by atoms with Gasteiger partial charge in [0.1, 0.15) is 16.1 Å². The molecule has 0 fully saturated rings. The fourth-order valence-electron chi connectivity index (χ4n) is 4.60. The van der Waals surface area contributed by atoms with Crippen LogP contribution in [0.3, 0.4) is 0 Å². The maximum atomic E-state index is 13.5. The largest absolute Gasteiger partial charge is 0.370 e. The van der Waals surface area contributed by atoms with Gasteiger partial charge in [0.25, 0.3) is 11.5 Å². The number of carbonyl (C=O) groups is 1. The standard InChI is InChI=1S/C28H24N4O3S/c1-28(2)14-22-18(16-35-28)13-21-24-25(36-26(21)30-22)27(34)31(17-29-24)15-23(33)32(19-9-5-3-6-10-19)20-11-7-4-8-12-20/h3-13,17H,14-16H2,1-2H3. The van der Waals surface area contributed by atoms with Crippen LogP contribution in [0.15, 0.2) is 77.9 Å². The maximum Gasteiger partial charge on any atom is 0.271 e. The predicted molar refractivity (Wildman–Crippen MR) is 142 cm³/mol. The van der Waals surface area contributed by atoms with Crippen molar-refractivity contribution in [2.45, 2.75) is 39.0 Å². The zero-order valence-electron chi connectivity index (χ0n) is 20.0. The normalized spacial score (nSPS) is 14.6. The molecular weight excluding hydrogens is 472 g/mol. The Labute approximate surface area is 211 Å². The van der Waals surface area contributed by atoms with E-state index in [-0.39, 0.29) is 23.6 Å². The fourth-order valence-corrected chi connectivity index (χ4v) is 5.68. The molecule has 0 atom stereocenters. The van der Waals surface area contributed by atoms with Gasteiger partial charge in [-0.3, -0.25) is 19.1 Å². The van der Waals surface area contributed by atoms with E-state index in [1.54, 1.807) is 4.90 Å². The highest BCUT2D eigenvalue weighted by molar-refractivity contribution is 7.25. The van der Waals surface area contributed by atoms with Crippen molar-refractivity contribution in [2.24, 2.45) is 0 Å². The Hall–Kier alpha value is -3.88. The van der Waals surface area contributed by atoms with Gasteiger partial charge in [-0.15, -0.1) is 11.3 Å². The quantitative estimate of drug-likeness (QED) is 0.341. The Balaban J connectivity index is 1.39. The number of carbonyl (C=O) groups excluding carboxylic acids is 1. The second kappa shape index (κ2) is 8.65. The van der Waals surface area contributed by atoms with Gasteiger partial charge in [-0.05, 0) is 44.2 Å². The lowest BCUT2D eigenvalue weighted by Gasteiger charge is -2.30. The van der Waals surface area contributed by atoms with E-state index in [1.807, 2.05) is 66.7 Å². The van der Waals surface area contributed by atoms with Gasteiger partial charge in [-0.25, -0.2) is 9.97 Å². The second-order valence-electron chi connectivity index (χ2n) is 9.53. The van der Waals surface area contributed by atoms with Crippen LogP contribution in [-0.4, -0.2) is 26.0 Å². The molecule has 36 heavy (non-hydrogen) atoms. The molecule has 2 aromatic carbocycles. The Morgan fingerprint density at radius 1 is 1.08 bits per heavy atom. The van der Waals surface area contributed by atoms with Crippen LogP contribution in [0.5, 0.6) is 0 Å². The average Bonchev–Trinajstić information content (AvgIpc) is 3.23. The first-order chi connectivity index (χ1) is 17.4. The molecule has 1 amide bonds. The van der Waals surface area contributed by atoms with Crippen molar-refractivity contribution in [3.63, 3.8) is 0 Å². The van der Waals surface area contributed by atoms with Gasteiger partial charge in [0, 0.05) is 28.7 Å². The number of fused-ring (bicyclic) bond motifs is 4. The molecule has 3 aromatic heterocycles. The highest BCUT2D eigenvalue weighted by Gasteiger charge is 2.28. The summed E-state index contributed by atoms with van der Waals surface area (Å²) >= 11 is 1.33. The molecule has 1 aliphatic rings. The lowest BCUT2D eigenvalue weighted by atomic mass is 9.95. The minimum absolute atomic E-state index is 0.133. The Morgan fingerprint density at radius 3 is 2.42 bits per heavy atom. The number of hydrogen-bond donors (Lipinski definition) is 0. The lowest BCUT2D eigenvalue weighted by molar-refractivity contribution is -0.118. The zero-order valence-corrected chi connectivity index (χ0v) is 20.8. The summed E-state index contributed by atoms with van der Waals surface area (Å²) < 4.78 is 7.83. The number of anilines is 2. The van der Waals surface area contributed by atoms with E-state index in [9.17, 15) is 9.59 Å². The van der Waals surface area contributed by atoms with E-state index >= 15 is 0 Å². The van der Waals surface area contributed by atoms with Crippen molar-refractivity contribution in [3.8, 4) is 0 Å². The van der Waals surface area contributed by atoms with Crippen molar-refractivity contribution in [1.82, 2.24) is 14.5 Å². The Bertz CT molecular complexity index is 1620. The van der Waals surface area contributed by atoms with Crippen molar-refractivity contribution in [2.75, 3.05) is 4.90 Å². The van der Waals surface area contributed by atoms with E-state index in [2.05, 4.69) is 18.8 Å².